The molecule has 0 fully saturated rings. The third kappa shape index (κ3) is 5.01. The first-order valence-electron chi connectivity index (χ1n) is 8.19. The SMILES string of the molecule is O=C(Cc1cccs1)NNC(=O)c1cccn(Cc2ccc(Cl)c(Cl)c2)c1=O. The quantitative estimate of drug-likeness (QED) is 0.603. The minimum Gasteiger partial charge on any atom is -0.310 e. The van der Waals surface area contributed by atoms with Gasteiger partial charge < -0.3 is 4.57 Å². The number of nitrogens with one attached hydrogen (secondary N) is 2. The molecule has 0 aliphatic carbocycles. The molecule has 144 valence electrons. The van der Waals surface area contributed by atoms with Crippen LogP contribution in [0.4, 0.5) is 0 Å². The molecule has 0 saturated carbocycles. The normalized spacial score (nSPS) is 10.5. The van der Waals surface area contributed by atoms with Gasteiger partial charge in [0, 0.05) is 11.1 Å². The number of benzene rings is 1. The Morgan fingerprint density at radius 2 is 1.86 bits per heavy atom. The summed E-state index contributed by atoms with van der Waals surface area (Å²) in [5.41, 5.74) is 4.78. The second-order valence-corrected chi connectivity index (χ2v) is 7.71. The van der Waals surface area contributed by atoms with Crippen LogP contribution in [0.3, 0.4) is 0 Å². The minimum atomic E-state index is -0.687. The number of aromatic nitrogens is 1. The highest BCUT2D eigenvalue weighted by Gasteiger charge is 2.14. The lowest BCUT2D eigenvalue weighted by molar-refractivity contribution is -0.121. The maximum atomic E-state index is 12.6. The lowest BCUT2D eigenvalue weighted by atomic mass is 10.2. The molecule has 2 aromatic heterocycles. The van der Waals surface area contributed by atoms with Gasteiger partial charge in [0.1, 0.15) is 5.56 Å². The molecule has 28 heavy (non-hydrogen) atoms. The van der Waals surface area contributed by atoms with Crippen molar-refractivity contribution in [1.82, 2.24) is 15.4 Å². The monoisotopic (exact) mass is 435 g/mol. The van der Waals surface area contributed by atoms with Crippen molar-refractivity contribution in [3.05, 3.63) is 90.4 Å². The number of rotatable bonds is 5. The maximum absolute atomic E-state index is 12.6. The van der Waals surface area contributed by atoms with E-state index in [9.17, 15) is 14.4 Å². The van der Waals surface area contributed by atoms with Crippen LogP contribution in [0, 0.1) is 0 Å². The number of halogens is 2. The van der Waals surface area contributed by atoms with E-state index >= 15 is 0 Å². The molecule has 3 rings (SSSR count). The Morgan fingerprint density at radius 1 is 1.04 bits per heavy atom. The van der Waals surface area contributed by atoms with Crippen molar-refractivity contribution in [2.75, 3.05) is 0 Å². The maximum Gasteiger partial charge on any atom is 0.275 e. The van der Waals surface area contributed by atoms with E-state index in [-0.39, 0.29) is 24.4 Å². The summed E-state index contributed by atoms with van der Waals surface area (Å²) in [7, 11) is 0. The minimum absolute atomic E-state index is 0.0843. The number of carbonyl (C=O) groups excluding carboxylic acids is 2. The van der Waals surface area contributed by atoms with Gasteiger partial charge in [0.15, 0.2) is 0 Å². The van der Waals surface area contributed by atoms with Crippen molar-refractivity contribution in [2.45, 2.75) is 13.0 Å². The largest absolute Gasteiger partial charge is 0.310 e. The van der Waals surface area contributed by atoms with E-state index in [1.807, 2.05) is 17.5 Å². The third-order valence-electron chi connectivity index (χ3n) is 3.83. The van der Waals surface area contributed by atoms with Crippen molar-refractivity contribution >= 4 is 46.4 Å². The highest BCUT2D eigenvalue weighted by atomic mass is 35.5. The van der Waals surface area contributed by atoms with Crippen molar-refractivity contribution in [2.24, 2.45) is 0 Å². The molecule has 0 atom stereocenters. The van der Waals surface area contributed by atoms with Gasteiger partial charge in [-0.3, -0.25) is 25.2 Å². The van der Waals surface area contributed by atoms with E-state index in [1.54, 1.807) is 30.5 Å². The van der Waals surface area contributed by atoms with Crippen LogP contribution in [0.2, 0.25) is 10.0 Å². The van der Waals surface area contributed by atoms with Crippen LogP contribution in [-0.4, -0.2) is 16.4 Å². The molecule has 2 heterocycles. The number of hydrogen-bond donors (Lipinski definition) is 2. The smallest absolute Gasteiger partial charge is 0.275 e. The third-order valence-corrected chi connectivity index (χ3v) is 5.45. The molecular formula is C19H15Cl2N3O3S. The number of hydrogen-bond acceptors (Lipinski definition) is 4. The first kappa shape index (κ1) is 20.1. The summed E-state index contributed by atoms with van der Waals surface area (Å²) in [6, 6.07) is 11.7. The average Bonchev–Trinajstić information content (AvgIpc) is 3.17. The Hall–Kier alpha value is -2.61. The lowest BCUT2D eigenvalue weighted by Crippen LogP contribution is -2.44. The summed E-state index contributed by atoms with van der Waals surface area (Å²) < 4.78 is 1.38. The molecule has 6 nitrogen and oxygen atoms in total. The average molecular weight is 436 g/mol. The molecule has 2 amide bonds. The van der Waals surface area contributed by atoms with Gasteiger partial charge in [-0.25, -0.2) is 0 Å². The van der Waals surface area contributed by atoms with E-state index in [2.05, 4.69) is 10.9 Å². The molecule has 2 N–H and O–H groups in total. The van der Waals surface area contributed by atoms with E-state index in [0.29, 0.717) is 10.0 Å². The zero-order valence-electron chi connectivity index (χ0n) is 14.4. The molecule has 0 aliphatic rings. The van der Waals surface area contributed by atoms with Gasteiger partial charge in [0.2, 0.25) is 5.91 Å². The molecule has 0 aliphatic heterocycles. The zero-order chi connectivity index (χ0) is 20.1. The first-order chi connectivity index (χ1) is 13.4. The van der Waals surface area contributed by atoms with Crippen LogP contribution in [0.15, 0.2) is 58.8 Å². The van der Waals surface area contributed by atoms with Crippen LogP contribution in [0.25, 0.3) is 0 Å². The van der Waals surface area contributed by atoms with Crippen LogP contribution in [0.1, 0.15) is 20.8 Å². The van der Waals surface area contributed by atoms with E-state index in [0.717, 1.165) is 10.4 Å². The van der Waals surface area contributed by atoms with E-state index in [1.165, 1.54) is 22.0 Å². The van der Waals surface area contributed by atoms with Crippen molar-refractivity contribution in [3.8, 4) is 0 Å². The number of hydrazine groups is 1. The molecular weight excluding hydrogens is 421 g/mol. The van der Waals surface area contributed by atoms with Gasteiger partial charge in [-0.15, -0.1) is 11.3 Å². The highest BCUT2D eigenvalue weighted by molar-refractivity contribution is 7.10. The zero-order valence-corrected chi connectivity index (χ0v) is 16.8. The Balaban J connectivity index is 1.67. The molecule has 3 aromatic rings. The second-order valence-electron chi connectivity index (χ2n) is 5.86. The summed E-state index contributed by atoms with van der Waals surface area (Å²) in [6.45, 7) is 0.224. The van der Waals surface area contributed by atoms with Crippen molar-refractivity contribution in [3.63, 3.8) is 0 Å². The summed E-state index contributed by atoms with van der Waals surface area (Å²) in [4.78, 5) is 37.6. The predicted molar refractivity (Wildman–Crippen MR) is 110 cm³/mol. The molecule has 0 spiro atoms. The summed E-state index contributed by atoms with van der Waals surface area (Å²) in [5.74, 6) is -1.06. The number of carbonyl (C=O) groups is 2. The fourth-order valence-electron chi connectivity index (χ4n) is 2.48. The van der Waals surface area contributed by atoms with Crippen LogP contribution in [-0.2, 0) is 17.8 Å². The van der Waals surface area contributed by atoms with Gasteiger partial charge in [-0.05, 0) is 41.3 Å². The van der Waals surface area contributed by atoms with Crippen LogP contribution < -0.4 is 16.4 Å². The van der Waals surface area contributed by atoms with Crippen LogP contribution >= 0.6 is 34.5 Å². The predicted octanol–water partition coefficient (Wildman–Crippen LogP) is 3.27. The van der Waals surface area contributed by atoms with Gasteiger partial charge in [-0.1, -0.05) is 35.3 Å². The summed E-state index contributed by atoms with van der Waals surface area (Å²) in [5, 5.41) is 2.67. The topological polar surface area (TPSA) is 80.2 Å². The number of nitrogens with zero attached hydrogens (tertiary/aromatic N) is 1. The second kappa shape index (κ2) is 9.05. The standard InChI is InChI=1S/C19H15Cl2N3O3S/c20-15-6-5-12(9-16(15)21)11-24-7-1-4-14(19(24)27)18(26)23-22-17(25)10-13-3-2-8-28-13/h1-9H,10-11H2,(H,22,25)(H,23,26). The first-order valence-corrected chi connectivity index (χ1v) is 9.82. The van der Waals surface area contributed by atoms with Gasteiger partial charge in [0.25, 0.3) is 11.5 Å². The summed E-state index contributed by atoms with van der Waals surface area (Å²) in [6.07, 6.45) is 1.71. The summed E-state index contributed by atoms with van der Waals surface area (Å²) >= 11 is 13.3. The number of pyridine rings is 1. The molecule has 0 saturated heterocycles. The van der Waals surface area contributed by atoms with Crippen LogP contribution in [0.5, 0.6) is 0 Å². The molecule has 0 bridgehead atoms. The Bertz CT molecular complexity index is 1060. The Kier molecular flexibility index (Phi) is 6.51. The van der Waals surface area contributed by atoms with Crippen molar-refractivity contribution in [1.29, 1.82) is 0 Å². The Morgan fingerprint density at radius 3 is 2.57 bits per heavy atom. The Labute approximate surface area is 174 Å². The van der Waals surface area contributed by atoms with Crippen molar-refractivity contribution < 1.29 is 9.59 Å². The highest BCUT2D eigenvalue weighted by Crippen LogP contribution is 2.22. The number of thiophene rings is 1. The molecule has 0 unspecified atom stereocenters. The van der Waals surface area contributed by atoms with Gasteiger partial charge >= 0.3 is 0 Å². The van der Waals surface area contributed by atoms with E-state index < -0.39 is 11.5 Å². The van der Waals surface area contributed by atoms with Gasteiger partial charge in [-0.2, -0.15) is 0 Å². The lowest BCUT2D eigenvalue weighted by Gasteiger charge is -2.10. The molecule has 0 radical (unpaired) electrons. The van der Waals surface area contributed by atoms with E-state index in [4.69, 9.17) is 23.2 Å². The fourth-order valence-corrected chi connectivity index (χ4v) is 3.50. The molecule has 9 heteroatoms. The molecule has 1 aromatic carbocycles. The van der Waals surface area contributed by atoms with Gasteiger partial charge in [0.05, 0.1) is 23.0 Å². The number of amides is 2. The fraction of sp³-hybridized carbons (Fsp3) is 0.105.